The van der Waals surface area contributed by atoms with E-state index < -0.39 is 11.2 Å². The van der Waals surface area contributed by atoms with E-state index in [1.807, 2.05) is 0 Å². The van der Waals surface area contributed by atoms with Crippen LogP contribution in [0.3, 0.4) is 0 Å². The van der Waals surface area contributed by atoms with Crippen molar-refractivity contribution in [1.29, 1.82) is 0 Å². The molecule has 0 unspecified atom stereocenters. The zero-order valence-electron chi connectivity index (χ0n) is 9.63. The molecule has 0 amide bonds. The van der Waals surface area contributed by atoms with Gasteiger partial charge in [0.2, 0.25) is 0 Å². The minimum Gasteiger partial charge on any atom is -0.273 e. The summed E-state index contributed by atoms with van der Waals surface area (Å²) in [5.41, 5.74) is -0.553. The summed E-state index contributed by atoms with van der Waals surface area (Å²) in [6, 6.07) is 9.94. The van der Waals surface area contributed by atoms with Gasteiger partial charge >= 0.3 is 5.69 Å². The van der Waals surface area contributed by atoms with E-state index in [0.717, 1.165) is 0 Å². The Hall–Kier alpha value is -2.40. The highest BCUT2D eigenvalue weighted by Crippen LogP contribution is 2.17. The SMILES string of the molecule is O=c1[nH]c(=O)n(-c2ccccn2)c2cc(Cl)ccc12. The van der Waals surface area contributed by atoms with Gasteiger partial charge in [-0.1, -0.05) is 17.7 Å². The summed E-state index contributed by atoms with van der Waals surface area (Å²) in [6.45, 7) is 0. The van der Waals surface area contributed by atoms with E-state index in [9.17, 15) is 9.59 Å². The highest BCUT2D eigenvalue weighted by atomic mass is 35.5. The highest BCUT2D eigenvalue weighted by molar-refractivity contribution is 6.31. The molecular formula is C13H8ClN3O2. The standard InChI is InChI=1S/C13H8ClN3O2/c14-8-4-5-9-10(7-8)17(13(19)16-12(9)18)11-3-1-2-6-15-11/h1-7H,(H,16,18,19). The van der Waals surface area contributed by atoms with Crippen molar-refractivity contribution in [2.24, 2.45) is 0 Å². The second-order valence-corrected chi connectivity index (χ2v) is 4.38. The molecule has 0 fully saturated rings. The molecule has 19 heavy (non-hydrogen) atoms. The van der Waals surface area contributed by atoms with Crippen LogP contribution in [-0.4, -0.2) is 14.5 Å². The van der Waals surface area contributed by atoms with Crippen LogP contribution in [0.15, 0.2) is 52.2 Å². The molecule has 94 valence electrons. The predicted molar refractivity (Wildman–Crippen MR) is 73.0 cm³/mol. The lowest BCUT2D eigenvalue weighted by Gasteiger charge is -2.08. The number of nitrogens with one attached hydrogen (secondary N) is 1. The molecule has 1 N–H and O–H groups in total. The summed E-state index contributed by atoms with van der Waals surface area (Å²) in [5, 5.41) is 0.830. The summed E-state index contributed by atoms with van der Waals surface area (Å²) in [4.78, 5) is 30.1. The maximum absolute atomic E-state index is 12.0. The van der Waals surface area contributed by atoms with Crippen molar-refractivity contribution in [1.82, 2.24) is 14.5 Å². The van der Waals surface area contributed by atoms with Gasteiger partial charge in [0.15, 0.2) is 0 Å². The van der Waals surface area contributed by atoms with Gasteiger partial charge in [-0.2, -0.15) is 0 Å². The first-order chi connectivity index (χ1) is 9.16. The number of hydrogen-bond donors (Lipinski definition) is 1. The predicted octanol–water partition coefficient (Wildman–Crippen LogP) is 1.73. The van der Waals surface area contributed by atoms with Gasteiger partial charge in [-0.15, -0.1) is 0 Å². The minimum atomic E-state index is -0.543. The minimum absolute atomic E-state index is 0.384. The normalized spacial score (nSPS) is 10.8. The molecule has 0 saturated heterocycles. The summed E-state index contributed by atoms with van der Waals surface area (Å²) in [6.07, 6.45) is 1.57. The Morgan fingerprint density at radius 1 is 1.16 bits per heavy atom. The van der Waals surface area contributed by atoms with Crippen LogP contribution in [0.25, 0.3) is 16.7 Å². The third-order valence-electron chi connectivity index (χ3n) is 2.75. The number of H-pyrrole nitrogens is 1. The van der Waals surface area contributed by atoms with Crippen LogP contribution in [0.1, 0.15) is 0 Å². The number of aromatic amines is 1. The van der Waals surface area contributed by atoms with Crippen LogP contribution >= 0.6 is 11.6 Å². The zero-order chi connectivity index (χ0) is 13.4. The number of halogens is 1. The second kappa shape index (κ2) is 4.37. The quantitative estimate of drug-likeness (QED) is 0.734. The van der Waals surface area contributed by atoms with Gasteiger partial charge < -0.3 is 0 Å². The number of fused-ring (bicyclic) bond motifs is 1. The summed E-state index contributed by atoms with van der Waals surface area (Å²) in [5.74, 6) is 0.427. The Morgan fingerprint density at radius 3 is 2.74 bits per heavy atom. The van der Waals surface area contributed by atoms with E-state index in [2.05, 4.69) is 9.97 Å². The van der Waals surface area contributed by atoms with E-state index in [4.69, 9.17) is 11.6 Å². The van der Waals surface area contributed by atoms with Crippen LogP contribution in [0.4, 0.5) is 0 Å². The van der Waals surface area contributed by atoms with Gasteiger partial charge in [-0.25, -0.2) is 14.3 Å². The zero-order valence-corrected chi connectivity index (χ0v) is 10.4. The van der Waals surface area contributed by atoms with Crippen LogP contribution in [0.5, 0.6) is 0 Å². The first-order valence-electron chi connectivity index (χ1n) is 5.53. The topological polar surface area (TPSA) is 67.8 Å². The summed E-state index contributed by atoms with van der Waals surface area (Å²) >= 11 is 5.93. The molecule has 3 aromatic rings. The lowest BCUT2D eigenvalue weighted by molar-refractivity contribution is 0.910. The van der Waals surface area contributed by atoms with E-state index >= 15 is 0 Å². The molecule has 2 aromatic heterocycles. The fourth-order valence-electron chi connectivity index (χ4n) is 1.93. The Balaban J connectivity index is 2.51. The first-order valence-corrected chi connectivity index (χ1v) is 5.90. The molecule has 0 aliphatic rings. The number of rotatable bonds is 1. The molecule has 3 rings (SSSR count). The molecule has 0 bridgehead atoms. The van der Waals surface area contributed by atoms with Crippen molar-refractivity contribution in [2.45, 2.75) is 0 Å². The van der Waals surface area contributed by atoms with E-state index in [0.29, 0.717) is 21.7 Å². The smallest absolute Gasteiger partial charge is 0.273 e. The van der Waals surface area contributed by atoms with Crippen LogP contribution < -0.4 is 11.2 Å². The maximum atomic E-state index is 12.0. The van der Waals surface area contributed by atoms with E-state index in [1.165, 1.54) is 4.57 Å². The lowest BCUT2D eigenvalue weighted by atomic mass is 10.2. The number of nitrogens with zero attached hydrogens (tertiary/aromatic N) is 2. The fourth-order valence-corrected chi connectivity index (χ4v) is 2.09. The van der Waals surface area contributed by atoms with Gasteiger partial charge in [0.05, 0.1) is 10.9 Å². The average Bonchev–Trinajstić information content (AvgIpc) is 2.39. The fraction of sp³-hybridized carbons (Fsp3) is 0. The molecule has 0 aliphatic carbocycles. The number of benzene rings is 1. The largest absolute Gasteiger partial charge is 0.334 e. The third-order valence-corrected chi connectivity index (χ3v) is 2.98. The monoisotopic (exact) mass is 273 g/mol. The van der Waals surface area contributed by atoms with Crippen molar-refractivity contribution < 1.29 is 0 Å². The Labute approximate surface area is 112 Å². The Kier molecular flexibility index (Phi) is 2.68. The van der Waals surface area contributed by atoms with Crippen molar-refractivity contribution in [3.8, 4) is 5.82 Å². The molecule has 2 heterocycles. The van der Waals surface area contributed by atoms with Crippen LogP contribution in [-0.2, 0) is 0 Å². The number of aromatic nitrogens is 3. The summed E-state index contributed by atoms with van der Waals surface area (Å²) in [7, 11) is 0. The number of pyridine rings is 1. The second-order valence-electron chi connectivity index (χ2n) is 3.94. The molecule has 0 saturated carbocycles. The molecule has 5 nitrogen and oxygen atoms in total. The van der Waals surface area contributed by atoms with Gasteiger partial charge in [-0.05, 0) is 30.3 Å². The molecule has 6 heteroatoms. The molecule has 1 aromatic carbocycles. The third kappa shape index (κ3) is 1.94. The van der Waals surface area contributed by atoms with E-state index in [-0.39, 0.29) is 0 Å². The number of hydrogen-bond acceptors (Lipinski definition) is 3. The van der Waals surface area contributed by atoms with Crippen molar-refractivity contribution >= 4 is 22.5 Å². The van der Waals surface area contributed by atoms with Gasteiger partial charge in [0.25, 0.3) is 5.56 Å². The van der Waals surface area contributed by atoms with Crippen LogP contribution in [0, 0.1) is 0 Å². The molecule has 0 spiro atoms. The highest BCUT2D eigenvalue weighted by Gasteiger charge is 2.10. The molecule has 0 radical (unpaired) electrons. The Morgan fingerprint density at radius 2 is 2.00 bits per heavy atom. The first kappa shape index (κ1) is 11.7. The average molecular weight is 274 g/mol. The Bertz CT molecular complexity index is 868. The van der Waals surface area contributed by atoms with Crippen molar-refractivity contribution in [3.63, 3.8) is 0 Å². The molecule has 0 atom stereocenters. The molecule has 0 aliphatic heterocycles. The summed E-state index contributed by atoms with van der Waals surface area (Å²) < 4.78 is 1.32. The maximum Gasteiger partial charge on any atom is 0.334 e. The molecular weight excluding hydrogens is 266 g/mol. The van der Waals surface area contributed by atoms with Gasteiger partial charge in [0, 0.05) is 11.2 Å². The van der Waals surface area contributed by atoms with Crippen molar-refractivity contribution in [2.75, 3.05) is 0 Å². The lowest BCUT2D eigenvalue weighted by Crippen LogP contribution is -2.29. The van der Waals surface area contributed by atoms with Crippen LogP contribution in [0.2, 0.25) is 5.02 Å². The van der Waals surface area contributed by atoms with Gasteiger partial charge in [0.1, 0.15) is 5.82 Å². The van der Waals surface area contributed by atoms with Gasteiger partial charge in [-0.3, -0.25) is 9.78 Å². The van der Waals surface area contributed by atoms with Crippen molar-refractivity contribution in [3.05, 3.63) is 68.5 Å². The van der Waals surface area contributed by atoms with E-state index in [1.54, 1.807) is 42.6 Å².